The molecule has 0 bridgehead atoms. The lowest BCUT2D eigenvalue weighted by Crippen LogP contribution is -2.20. The predicted octanol–water partition coefficient (Wildman–Crippen LogP) is 3.23. The van der Waals surface area contributed by atoms with E-state index in [-0.39, 0.29) is 11.7 Å². The molecule has 0 aliphatic carbocycles. The molecule has 1 N–H and O–H groups in total. The summed E-state index contributed by atoms with van der Waals surface area (Å²) in [5.41, 5.74) is 1.53. The van der Waals surface area contributed by atoms with Crippen LogP contribution >= 0.6 is 0 Å². The third-order valence-corrected chi connectivity index (χ3v) is 3.54. The summed E-state index contributed by atoms with van der Waals surface area (Å²) in [7, 11) is 0. The van der Waals surface area contributed by atoms with Gasteiger partial charge in [-0.25, -0.2) is 4.98 Å². The van der Waals surface area contributed by atoms with Gasteiger partial charge in [0, 0.05) is 18.1 Å². The number of pyridine rings is 1. The average molecular weight is 285 g/mol. The van der Waals surface area contributed by atoms with Crippen molar-refractivity contribution in [2.75, 3.05) is 11.9 Å². The molecule has 2 heterocycles. The molecule has 3 rings (SSSR count). The molecular weight excluding hydrogens is 270 g/mol. The van der Waals surface area contributed by atoms with Gasteiger partial charge in [-0.15, -0.1) is 0 Å². The van der Waals surface area contributed by atoms with Crippen LogP contribution in [-0.4, -0.2) is 16.5 Å². The molecule has 108 valence electrons. The Morgan fingerprint density at radius 2 is 2.14 bits per heavy atom. The highest BCUT2D eigenvalue weighted by atomic mass is 16.6. The van der Waals surface area contributed by atoms with E-state index in [2.05, 4.69) is 10.3 Å². The molecule has 0 spiro atoms. The van der Waals surface area contributed by atoms with Crippen molar-refractivity contribution in [1.29, 1.82) is 0 Å². The molecule has 2 aromatic rings. The lowest BCUT2D eigenvalue weighted by Gasteiger charge is -2.27. The first kappa shape index (κ1) is 13.4. The minimum atomic E-state index is -0.421. The van der Waals surface area contributed by atoms with Crippen molar-refractivity contribution in [1.82, 2.24) is 4.98 Å². The summed E-state index contributed by atoms with van der Waals surface area (Å²) >= 11 is 0. The fraction of sp³-hybridized carbons (Fsp3) is 0.267. The first-order valence-electron chi connectivity index (χ1n) is 6.75. The summed E-state index contributed by atoms with van der Waals surface area (Å²) < 4.78 is 5.62. The largest absolute Gasteiger partial charge is 0.493 e. The zero-order valence-corrected chi connectivity index (χ0v) is 11.6. The molecule has 1 atom stereocenters. The van der Waals surface area contributed by atoms with E-state index in [1.165, 1.54) is 6.07 Å². The molecule has 1 unspecified atom stereocenters. The second-order valence-corrected chi connectivity index (χ2v) is 4.93. The highest BCUT2D eigenvalue weighted by molar-refractivity contribution is 5.48. The van der Waals surface area contributed by atoms with E-state index in [1.807, 2.05) is 24.3 Å². The Balaban J connectivity index is 1.85. The number of ether oxygens (including phenoxy) is 1. The van der Waals surface area contributed by atoms with Crippen LogP contribution < -0.4 is 10.1 Å². The van der Waals surface area contributed by atoms with E-state index in [9.17, 15) is 10.1 Å². The van der Waals surface area contributed by atoms with Crippen LogP contribution in [0.1, 0.15) is 23.7 Å². The van der Waals surface area contributed by atoms with Crippen molar-refractivity contribution in [2.24, 2.45) is 0 Å². The number of fused-ring (bicyclic) bond motifs is 1. The van der Waals surface area contributed by atoms with Crippen molar-refractivity contribution in [3.8, 4) is 5.75 Å². The monoisotopic (exact) mass is 285 g/mol. The van der Waals surface area contributed by atoms with Gasteiger partial charge < -0.3 is 10.1 Å². The normalized spacial score (nSPS) is 16.7. The van der Waals surface area contributed by atoms with Gasteiger partial charge in [-0.1, -0.05) is 18.2 Å². The number of aromatic nitrogens is 1. The molecule has 0 fully saturated rings. The van der Waals surface area contributed by atoms with Gasteiger partial charge in [-0.2, -0.15) is 0 Å². The lowest BCUT2D eigenvalue weighted by atomic mass is 10.0. The highest BCUT2D eigenvalue weighted by Gasteiger charge is 2.21. The maximum atomic E-state index is 10.8. The van der Waals surface area contributed by atoms with Crippen molar-refractivity contribution in [3.05, 3.63) is 57.8 Å². The number of nitrogens with one attached hydrogen (secondary N) is 1. The summed E-state index contributed by atoms with van der Waals surface area (Å²) in [6.07, 6.45) is 0.828. The Labute approximate surface area is 121 Å². The van der Waals surface area contributed by atoms with Gasteiger partial charge in [-0.3, -0.25) is 10.1 Å². The van der Waals surface area contributed by atoms with Crippen LogP contribution in [-0.2, 0) is 0 Å². The van der Waals surface area contributed by atoms with Crippen LogP contribution in [0.3, 0.4) is 0 Å². The van der Waals surface area contributed by atoms with Gasteiger partial charge in [0.1, 0.15) is 17.3 Å². The number of benzene rings is 1. The molecule has 0 saturated carbocycles. The zero-order chi connectivity index (χ0) is 14.8. The number of hydrogen-bond donors (Lipinski definition) is 1. The molecule has 21 heavy (non-hydrogen) atoms. The van der Waals surface area contributed by atoms with E-state index in [1.54, 1.807) is 13.0 Å². The van der Waals surface area contributed by atoms with Crippen LogP contribution in [0.25, 0.3) is 0 Å². The summed E-state index contributed by atoms with van der Waals surface area (Å²) in [6, 6.07) is 11.1. The van der Waals surface area contributed by atoms with Crippen LogP contribution in [0.5, 0.6) is 5.75 Å². The standard InChI is InChI=1S/C15H15N3O3/c1-10-13(18(19)20)6-7-15(16-10)17-12-8-9-21-14-5-3-2-4-11(12)14/h2-7,12H,8-9H2,1H3,(H,16,17). The van der Waals surface area contributed by atoms with E-state index in [0.29, 0.717) is 18.1 Å². The molecular formula is C15H15N3O3. The Hall–Kier alpha value is -2.63. The smallest absolute Gasteiger partial charge is 0.290 e. The van der Waals surface area contributed by atoms with E-state index >= 15 is 0 Å². The number of hydrogen-bond acceptors (Lipinski definition) is 5. The summed E-state index contributed by atoms with van der Waals surface area (Å²) in [4.78, 5) is 14.7. The molecule has 6 nitrogen and oxygen atoms in total. The quantitative estimate of drug-likeness (QED) is 0.692. The predicted molar refractivity (Wildman–Crippen MR) is 78.5 cm³/mol. The maximum absolute atomic E-state index is 10.8. The first-order valence-corrected chi connectivity index (χ1v) is 6.75. The number of nitro groups is 1. The highest BCUT2D eigenvalue weighted by Crippen LogP contribution is 2.34. The topological polar surface area (TPSA) is 77.3 Å². The molecule has 0 amide bonds. The average Bonchev–Trinajstić information content (AvgIpc) is 2.47. The van der Waals surface area contributed by atoms with Gasteiger partial charge >= 0.3 is 0 Å². The van der Waals surface area contributed by atoms with E-state index < -0.39 is 4.92 Å². The molecule has 0 radical (unpaired) electrons. The number of aryl methyl sites for hydroxylation is 1. The van der Waals surface area contributed by atoms with Gasteiger partial charge in [0.25, 0.3) is 5.69 Å². The third-order valence-electron chi connectivity index (χ3n) is 3.54. The van der Waals surface area contributed by atoms with Crippen LogP contribution in [0, 0.1) is 17.0 Å². The maximum Gasteiger partial charge on any atom is 0.290 e. The van der Waals surface area contributed by atoms with E-state index in [0.717, 1.165) is 17.7 Å². The summed E-state index contributed by atoms with van der Waals surface area (Å²) in [6.45, 7) is 2.28. The van der Waals surface area contributed by atoms with Gasteiger partial charge in [0.2, 0.25) is 0 Å². The minimum Gasteiger partial charge on any atom is -0.493 e. The minimum absolute atomic E-state index is 0.0351. The lowest BCUT2D eigenvalue weighted by molar-refractivity contribution is -0.385. The molecule has 6 heteroatoms. The Morgan fingerprint density at radius 1 is 1.33 bits per heavy atom. The fourth-order valence-electron chi connectivity index (χ4n) is 2.50. The molecule has 1 aliphatic heterocycles. The zero-order valence-electron chi connectivity index (χ0n) is 11.6. The van der Waals surface area contributed by atoms with Crippen molar-refractivity contribution >= 4 is 11.5 Å². The Morgan fingerprint density at radius 3 is 2.90 bits per heavy atom. The second-order valence-electron chi connectivity index (χ2n) is 4.93. The van der Waals surface area contributed by atoms with Crippen LogP contribution in [0.4, 0.5) is 11.5 Å². The third kappa shape index (κ3) is 2.65. The first-order chi connectivity index (χ1) is 10.1. The molecule has 1 aliphatic rings. The number of para-hydroxylation sites is 1. The SMILES string of the molecule is Cc1nc(NC2CCOc3ccccc32)ccc1[N+](=O)[O-]. The second kappa shape index (κ2) is 5.40. The summed E-state index contributed by atoms with van der Waals surface area (Å²) in [5.74, 6) is 1.51. The number of nitrogens with zero attached hydrogens (tertiary/aromatic N) is 2. The van der Waals surface area contributed by atoms with Crippen molar-refractivity contribution in [3.63, 3.8) is 0 Å². The van der Waals surface area contributed by atoms with Gasteiger partial charge in [-0.05, 0) is 19.1 Å². The van der Waals surface area contributed by atoms with Crippen molar-refractivity contribution < 1.29 is 9.66 Å². The van der Waals surface area contributed by atoms with Gasteiger partial charge in [0.15, 0.2) is 0 Å². The number of anilines is 1. The molecule has 1 aromatic carbocycles. The number of rotatable bonds is 3. The molecule has 1 aromatic heterocycles. The van der Waals surface area contributed by atoms with Crippen LogP contribution in [0.15, 0.2) is 36.4 Å². The van der Waals surface area contributed by atoms with Crippen molar-refractivity contribution in [2.45, 2.75) is 19.4 Å². The Bertz CT molecular complexity index is 688. The molecule has 0 saturated heterocycles. The fourth-order valence-corrected chi connectivity index (χ4v) is 2.50. The van der Waals surface area contributed by atoms with Gasteiger partial charge in [0.05, 0.1) is 17.6 Å². The summed E-state index contributed by atoms with van der Waals surface area (Å²) in [5, 5.41) is 14.1. The Kier molecular flexibility index (Phi) is 3.43. The van der Waals surface area contributed by atoms with E-state index in [4.69, 9.17) is 4.74 Å². The van der Waals surface area contributed by atoms with Crippen LogP contribution in [0.2, 0.25) is 0 Å².